The average molecular weight is 388 g/mol. The van der Waals surface area contributed by atoms with Crippen molar-refractivity contribution in [2.45, 2.75) is 13.5 Å². The van der Waals surface area contributed by atoms with Crippen LogP contribution in [-0.2, 0) is 6.54 Å². The molecule has 2 aromatic carbocycles. The third-order valence-electron chi connectivity index (χ3n) is 3.59. The summed E-state index contributed by atoms with van der Waals surface area (Å²) in [6.07, 6.45) is 1.57. The van der Waals surface area contributed by atoms with Crippen molar-refractivity contribution in [1.82, 2.24) is 9.97 Å². The molecule has 6 heteroatoms. The molecule has 0 amide bonds. The molecule has 3 rings (SSSR count). The fourth-order valence-electron chi connectivity index (χ4n) is 2.45. The number of anilines is 1. The lowest BCUT2D eigenvalue weighted by atomic mass is 10.2. The van der Waals surface area contributed by atoms with E-state index in [1.165, 1.54) is 0 Å². The third-order valence-corrected chi connectivity index (χ3v) is 4.08. The lowest BCUT2D eigenvalue weighted by Crippen LogP contribution is -2.03. The van der Waals surface area contributed by atoms with Crippen molar-refractivity contribution in [3.63, 3.8) is 0 Å². The second-order valence-corrected chi connectivity index (χ2v) is 6.07. The summed E-state index contributed by atoms with van der Waals surface area (Å²) in [5, 5.41) is 4.34. The standard InChI is InChI=1S/C18H18BrN3O2/c1-3-24-16-7-4-12(8-17(16)23-2)10-20-18-14-9-13(19)5-6-15(14)21-11-22-18/h4-9,11H,3,10H2,1-2H3,(H,20,21,22). The van der Waals surface area contributed by atoms with E-state index in [9.17, 15) is 0 Å². The quantitative estimate of drug-likeness (QED) is 0.678. The lowest BCUT2D eigenvalue weighted by Gasteiger charge is -2.12. The maximum absolute atomic E-state index is 5.55. The highest BCUT2D eigenvalue weighted by Crippen LogP contribution is 2.29. The van der Waals surface area contributed by atoms with Gasteiger partial charge in [0.1, 0.15) is 12.1 Å². The number of aromatic nitrogens is 2. The van der Waals surface area contributed by atoms with Gasteiger partial charge in [0.15, 0.2) is 11.5 Å². The summed E-state index contributed by atoms with van der Waals surface area (Å²) in [6, 6.07) is 11.9. The first-order valence-electron chi connectivity index (χ1n) is 7.65. The van der Waals surface area contributed by atoms with Crippen LogP contribution in [0.5, 0.6) is 11.5 Å². The first kappa shape index (κ1) is 16.5. The zero-order chi connectivity index (χ0) is 16.9. The number of methoxy groups -OCH3 is 1. The van der Waals surface area contributed by atoms with Gasteiger partial charge in [-0.2, -0.15) is 0 Å². The monoisotopic (exact) mass is 387 g/mol. The Kier molecular flexibility index (Phi) is 5.15. The van der Waals surface area contributed by atoms with E-state index in [0.29, 0.717) is 13.2 Å². The number of fused-ring (bicyclic) bond motifs is 1. The number of benzene rings is 2. The molecule has 1 heterocycles. The van der Waals surface area contributed by atoms with E-state index >= 15 is 0 Å². The van der Waals surface area contributed by atoms with Crippen LogP contribution in [0.3, 0.4) is 0 Å². The van der Waals surface area contributed by atoms with Crippen molar-refractivity contribution in [2.24, 2.45) is 0 Å². The van der Waals surface area contributed by atoms with Crippen molar-refractivity contribution < 1.29 is 9.47 Å². The highest BCUT2D eigenvalue weighted by molar-refractivity contribution is 9.10. The molecule has 0 radical (unpaired) electrons. The zero-order valence-corrected chi connectivity index (χ0v) is 15.1. The normalized spacial score (nSPS) is 10.6. The SMILES string of the molecule is CCOc1ccc(CNc2ncnc3ccc(Br)cc23)cc1OC. The second-order valence-electron chi connectivity index (χ2n) is 5.16. The predicted molar refractivity (Wildman–Crippen MR) is 98.7 cm³/mol. The topological polar surface area (TPSA) is 56.3 Å². The first-order valence-corrected chi connectivity index (χ1v) is 8.44. The summed E-state index contributed by atoms with van der Waals surface area (Å²) in [5.41, 5.74) is 1.98. The molecule has 0 spiro atoms. The summed E-state index contributed by atoms with van der Waals surface area (Å²) in [6.45, 7) is 3.18. The molecule has 1 aromatic heterocycles. The van der Waals surface area contributed by atoms with Gasteiger partial charge >= 0.3 is 0 Å². The van der Waals surface area contributed by atoms with Crippen molar-refractivity contribution in [1.29, 1.82) is 0 Å². The Morgan fingerprint density at radius 2 is 1.96 bits per heavy atom. The molecule has 24 heavy (non-hydrogen) atoms. The number of rotatable bonds is 6. The molecule has 3 aromatic rings. The Labute approximate surface area is 149 Å². The molecule has 0 aliphatic rings. The van der Waals surface area contributed by atoms with Gasteiger partial charge in [-0.25, -0.2) is 9.97 Å². The molecule has 124 valence electrons. The van der Waals surface area contributed by atoms with Crippen molar-refractivity contribution in [3.05, 3.63) is 52.8 Å². The minimum atomic E-state index is 0.607. The fourth-order valence-corrected chi connectivity index (χ4v) is 2.81. The van der Waals surface area contributed by atoms with E-state index in [4.69, 9.17) is 9.47 Å². The molecular formula is C18H18BrN3O2. The van der Waals surface area contributed by atoms with Gasteiger partial charge < -0.3 is 14.8 Å². The summed E-state index contributed by atoms with van der Waals surface area (Å²) >= 11 is 3.49. The predicted octanol–water partition coefficient (Wildman–Crippen LogP) is 4.41. The van der Waals surface area contributed by atoms with Crippen LogP contribution in [0.2, 0.25) is 0 Å². The summed E-state index contributed by atoms with van der Waals surface area (Å²) < 4.78 is 11.9. The van der Waals surface area contributed by atoms with Crippen LogP contribution in [0.25, 0.3) is 10.9 Å². The van der Waals surface area contributed by atoms with E-state index in [2.05, 4.69) is 31.2 Å². The van der Waals surface area contributed by atoms with Crippen LogP contribution in [-0.4, -0.2) is 23.7 Å². The average Bonchev–Trinajstić information content (AvgIpc) is 2.61. The molecule has 1 N–H and O–H groups in total. The van der Waals surface area contributed by atoms with Gasteiger partial charge in [0.25, 0.3) is 0 Å². The zero-order valence-electron chi connectivity index (χ0n) is 13.5. The Balaban J connectivity index is 1.82. The molecule has 0 aliphatic carbocycles. The van der Waals surface area contributed by atoms with Gasteiger partial charge in [-0.1, -0.05) is 22.0 Å². The van der Waals surface area contributed by atoms with Crippen molar-refractivity contribution >= 4 is 32.7 Å². The van der Waals surface area contributed by atoms with E-state index in [1.54, 1.807) is 13.4 Å². The smallest absolute Gasteiger partial charge is 0.161 e. The minimum Gasteiger partial charge on any atom is -0.493 e. The Morgan fingerprint density at radius 3 is 2.75 bits per heavy atom. The van der Waals surface area contributed by atoms with Crippen LogP contribution in [0.4, 0.5) is 5.82 Å². The van der Waals surface area contributed by atoms with E-state index in [0.717, 1.165) is 38.3 Å². The third kappa shape index (κ3) is 3.59. The number of ether oxygens (including phenoxy) is 2. The number of halogens is 1. The molecular weight excluding hydrogens is 370 g/mol. The number of nitrogens with one attached hydrogen (secondary N) is 1. The molecule has 0 unspecified atom stereocenters. The molecule has 0 saturated carbocycles. The van der Waals surface area contributed by atoms with Crippen LogP contribution in [0.1, 0.15) is 12.5 Å². The molecule has 5 nitrogen and oxygen atoms in total. The maximum Gasteiger partial charge on any atom is 0.161 e. The number of nitrogens with zero attached hydrogens (tertiary/aromatic N) is 2. The van der Waals surface area contributed by atoms with Gasteiger partial charge in [-0.05, 0) is 42.8 Å². The summed E-state index contributed by atoms with van der Waals surface area (Å²) in [5.74, 6) is 2.28. The van der Waals surface area contributed by atoms with Gasteiger partial charge in [0.05, 0.1) is 19.2 Å². The largest absolute Gasteiger partial charge is 0.493 e. The van der Waals surface area contributed by atoms with Crippen LogP contribution in [0, 0.1) is 0 Å². The maximum atomic E-state index is 5.55. The Hall–Kier alpha value is -2.34. The van der Waals surface area contributed by atoms with E-state index in [-0.39, 0.29) is 0 Å². The molecule has 0 fully saturated rings. The molecule has 0 aliphatic heterocycles. The van der Waals surface area contributed by atoms with Gasteiger partial charge in [0.2, 0.25) is 0 Å². The van der Waals surface area contributed by atoms with E-state index in [1.807, 2.05) is 43.3 Å². The highest BCUT2D eigenvalue weighted by Gasteiger charge is 2.07. The van der Waals surface area contributed by atoms with Gasteiger partial charge in [-0.3, -0.25) is 0 Å². The Morgan fingerprint density at radius 1 is 1.08 bits per heavy atom. The van der Waals surface area contributed by atoms with E-state index < -0.39 is 0 Å². The summed E-state index contributed by atoms with van der Waals surface area (Å²) in [4.78, 5) is 8.64. The van der Waals surface area contributed by atoms with Crippen molar-refractivity contribution in [3.8, 4) is 11.5 Å². The Bertz CT molecular complexity index is 855. The summed E-state index contributed by atoms with van der Waals surface area (Å²) in [7, 11) is 1.64. The minimum absolute atomic E-state index is 0.607. The number of hydrogen-bond acceptors (Lipinski definition) is 5. The second kappa shape index (κ2) is 7.49. The first-order chi connectivity index (χ1) is 11.7. The van der Waals surface area contributed by atoms with Crippen molar-refractivity contribution in [2.75, 3.05) is 19.0 Å². The fraction of sp³-hybridized carbons (Fsp3) is 0.222. The number of hydrogen-bond donors (Lipinski definition) is 1. The highest BCUT2D eigenvalue weighted by atomic mass is 79.9. The van der Waals surface area contributed by atoms with Crippen LogP contribution >= 0.6 is 15.9 Å². The van der Waals surface area contributed by atoms with Gasteiger partial charge in [-0.15, -0.1) is 0 Å². The molecule has 0 atom stereocenters. The molecule has 0 bridgehead atoms. The van der Waals surface area contributed by atoms with Crippen LogP contribution < -0.4 is 14.8 Å². The lowest BCUT2D eigenvalue weighted by molar-refractivity contribution is 0.310. The molecule has 0 saturated heterocycles. The van der Waals surface area contributed by atoms with Gasteiger partial charge in [0, 0.05) is 16.4 Å². The van der Waals surface area contributed by atoms with Crippen LogP contribution in [0.15, 0.2) is 47.2 Å².